The lowest BCUT2D eigenvalue weighted by Gasteiger charge is -2.28. The maximum absolute atomic E-state index is 12.9. The molecule has 0 aliphatic heterocycles. The Labute approximate surface area is 146 Å². The Morgan fingerprint density at radius 3 is 2.79 bits per heavy atom. The van der Waals surface area contributed by atoms with Gasteiger partial charge in [0.15, 0.2) is 0 Å². The fourth-order valence-corrected chi connectivity index (χ4v) is 3.19. The van der Waals surface area contributed by atoms with Crippen molar-refractivity contribution < 1.29 is 9.53 Å². The van der Waals surface area contributed by atoms with Crippen LogP contribution in [0.4, 0.5) is 0 Å². The standard InChI is InChI=1S/C21H29NO2/c1-5-13-22(15-17-9-11-18(12-10-17)16(2)3)21(23)19-7-6-8-20(14-19)24-4/h6-9,14,18H,2,5,10-13,15H2,1,3-4H3. The Kier molecular flexibility index (Phi) is 6.65. The van der Waals surface area contributed by atoms with Crippen LogP contribution in [0.15, 0.2) is 48.1 Å². The minimum absolute atomic E-state index is 0.0821. The highest BCUT2D eigenvalue weighted by atomic mass is 16.5. The first-order chi connectivity index (χ1) is 11.5. The molecule has 0 fully saturated rings. The lowest BCUT2D eigenvalue weighted by atomic mass is 9.85. The van der Waals surface area contributed by atoms with Gasteiger partial charge in [-0.15, -0.1) is 0 Å². The molecule has 1 atom stereocenters. The van der Waals surface area contributed by atoms with Gasteiger partial charge in [0.25, 0.3) is 5.91 Å². The van der Waals surface area contributed by atoms with Gasteiger partial charge < -0.3 is 9.64 Å². The van der Waals surface area contributed by atoms with Crippen molar-refractivity contribution >= 4 is 5.91 Å². The van der Waals surface area contributed by atoms with Crippen LogP contribution in [0.3, 0.4) is 0 Å². The van der Waals surface area contributed by atoms with E-state index in [9.17, 15) is 4.79 Å². The Balaban J connectivity index is 2.08. The molecule has 1 amide bonds. The Morgan fingerprint density at radius 2 is 2.21 bits per heavy atom. The van der Waals surface area contributed by atoms with Gasteiger partial charge in [0, 0.05) is 18.7 Å². The van der Waals surface area contributed by atoms with Crippen LogP contribution in [0.1, 0.15) is 49.9 Å². The van der Waals surface area contributed by atoms with Gasteiger partial charge in [0.2, 0.25) is 0 Å². The fourth-order valence-electron chi connectivity index (χ4n) is 3.19. The molecule has 1 aliphatic rings. The van der Waals surface area contributed by atoms with E-state index >= 15 is 0 Å². The molecule has 24 heavy (non-hydrogen) atoms. The smallest absolute Gasteiger partial charge is 0.254 e. The monoisotopic (exact) mass is 327 g/mol. The number of rotatable bonds is 7. The molecule has 0 saturated carbocycles. The van der Waals surface area contributed by atoms with Crippen molar-refractivity contribution in [1.29, 1.82) is 0 Å². The highest BCUT2D eigenvalue weighted by Crippen LogP contribution is 2.29. The van der Waals surface area contributed by atoms with Crippen LogP contribution >= 0.6 is 0 Å². The molecule has 3 heteroatoms. The number of benzene rings is 1. The van der Waals surface area contributed by atoms with Gasteiger partial charge in [-0.2, -0.15) is 0 Å². The van der Waals surface area contributed by atoms with Crippen molar-refractivity contribution in [2.75, 3.05) is 20.2 Å². The molecule has 0 aromatic heterocycles. The Morgan fingerprint density at radius 1 is 1.42 bits per heavy atom. The first-order valence-electron chi connectivity index (χ1n) is 8.81. The summed E-state index contributed by atoms with van der Waals surface area (Å²) < 4.78 is 5.24. The van der Waals surface area contributed by atoms with Crippen molar-refractivity contribution in [1.82, 2.24) is 4.90 Å². The van der Waals surface area contributed by atoms with Crippen LogP contribution in [0.25, 0.3) is 0 Å². The number of carbonyl (C=O) groups is 1. The number of hydrogen-bond acceptors (Lipinski definition) is 2. The minimum Gasteiger partial charge on any atom is -0.497 e. The lowest BCUT2D eigenvalue weighted by molar-refractivity contribution is 0.0767. The van der Waals surface area contributed by atoms with Gasteiger partial charge in [0.1, 0.15) is 5.75 Å². The number of amides is 1. The molecular weight excluding hydrogens is 298 g/mol. The predicted octanol–water partition coefficient (Wildman–Crippen LogP) is 4.85. The zero-order valence-corrected chi connectivity index (χ0v) is 15.2. The predicted molar refractivity (Wildman–Crippen MR) is 99.4 cm³/mol. The van der Waals surface area contributed by atoms with Crippen molar-refractivity contribution in [3.63, 3.8) is 0 Å². The summed E-state index contributed by atoms with van der Waals surface area (Å²) >= 11 is 0. The third-order valence-electron chi connectivity index (χ3n) is 4.69. The summed E-state index contributed by atoms with van der Waals surface area (Å²) in [5.74, 6) is 1.40. The highest BCUT2D eigenvalue weighted by molar-refractivity contribution is 5.94. The molecule has 0 heterocycles. The maximum atomic E-state index is 12.9. The molecule has 1 aromatic carbocycles. The molecule has 1 aliphatic carbocycles. The summed E-state index contributed by atoms with van der Waals surface area (Å²) in [6, 6.07) is 7.41. The average molecular weight is 327 g/mol. The van der Waals surface area contributed by atoms with E-state index in [0.29, 0.717) is 11.5 Å². The second-order valence-corrected chi connectivity index (χ2v) is 6.64. The van der Waals surface area contributed by atoms with Crippen molar-refractivity contribution in [2.45, 2.75) is 39.5 Å². The van der Waals surface area contributed by atoms with Crippen LogP contribution in [0, 0.1) is 5.92 Å². The number of nitrogens with zero attached hydrogens (tertiary/aromatic N) is 1. The normalized spacial score (nSPS) is 17.1. The average Bonchev–Trinajstić information content (AvgIpc) is 2.61. The van der Waals surface area contributed by atoms with Gasteiger partial charge in [0.05, 0.1) is 7.11 Å². The molecular formula is C21H29NO2. The number of hydrogen-bond donors (Lipinski definition) is 0. The van der Waals surface area contributed by atoms with Gasteiger partial charge in [-0.3, -0.25) is 4.79 Å². The van der Waals surface area contributed by atoms with Gasteiger partial charge in [-0.25, -0.2) is 0 Å². The molecule has 1 unspecified atom stereocenters. The molecule has 0 bridgehead atoms. The summed E-state index contributed by atoms with van der Waals surface area (Å²) in [4.78, 5) is 14.8. The highest BCUT2D eigenvalue weighted by Gasteiger charge is 2.20. The maximum Gasteiger partial charge on any atom is 0.254 e. The number of ether oxygens (including phenoxy) is 1. The molecule has 130 valence electrons. The van der Waals surface area contributed by atoms with Crippen LogP contribution < -0.4 is 4.74 Å². The fraction of sp³-hybridized carbons (Fsp3) is 0.476. The van der Waals surface area contributed by atoms with E-state index in [2.05, 4.69) is 26.5 Å². The van der Waals surface area contributed by atoms with E-state index in [4.69, 9.17) is 4.74 Å². The summed E-state index contributed by atoms with van der Waals surface area (Å²) in [5.41, 5.74) is 3.33. The molecule has 2 rings (SSSR count). The second-order valence-electron chi connectivity index (χ2n) is 6.64. The van der Waals surface area contributed by atoms with Crippen molar-refractivity contribution in [3.8, 4) is 5.75 Å². The number of methoxy groups -OCH3 is 1. The number of allylic oxidation sites excluding steroid dienone is 2. The second kappa shape index (κ2) is 8.72. The molecule has 1 aromatic rings. The van der Waals surface area contributed by atoms with E-state index in [0.717, 1.165) is 44.5 Å². The van der Waals surface area contributed by atoms with Crippen molar-refractivity contribution in [2.24, 2.45) is 5.92 Å². The summed E-state index contributed by atoms with van der Waals surface area (Å²) in [7, 11) is 1.62. The van der Waals surface area contributed by atoms with Crippen LogP contribution in [0.5, 0.6) is 5.75 Å². The third kappa shape index (κ3) is 4.73. The molecule has 0 N–H and O–H groups in total. The van der Waals surface area contributed by atoms with Gasteiger partial charge >= 0.3 is 0 Å². The van der Waals surface area contributed by atoms with Crippen molar-refractivity contribution in [3.05, 3.63) is 53.6 Å². The zero-order valence-electron chi connectivity index (χ0n) is 15.2. The zero-order chi connectivity index (χ0) is 17.5. The molecule has 0 spiro atoms. The topological polar surface area (TPSA) is 29.5 Å². The summed E-state index contributed by atoms with van der Waals surface area (Å²) in [6.07, 6.45) is 6.53. The van der Waals surface area contributed by atoms with E-state index in [1.165, 1.54) is 11.1 Å². The van der Waals surface area contributed by atoms with E-state index in [-0.39, 0.29) is 5.91 Å². The Bertz CT molecular complexity index is 618. The molecule has 3 nitrogen and oxygen atoms in total. The first kappa shape index (κ1) is 18.3. The lowest BCUT2D eigenvalue weighted by Crippen LogP contribution is -2.34. The largest absolute Gasteiger partial charge is 0.497 e. The summed E-state index contributed by atoms with van der Waals surface area (Å²) in [6.45, 7) is 9.80. The molecule has 0 radical (unpaired) electrons. The summed E-state index contributed by atoms with van der Waals surface area (Å²) in [5, 5.41) is 0. The SMILES string of the molecule is C=C(C)C1CC=C(CN(CCC)C(=O)c2cccc(OC)c2)CC1. The first-order valence-corrected chi connectivity index (χ1v) is 8.81. The third-order valence-corrected chi connectivity index (χ3v) is 4.69. The van der Waals surface area contributed by atoms with Crippen LogP contribution in [0.2, 0.25) is 0 Å². The minimum atomic E-state index is 0.0821. The van der Waals surface area contributed by atoms with Gasteiger partial charge in [-0.05, 0) is 56.7 Å². The van der Waals surface area contributed by atoms with E-state index in [1.54, 1.807) is 7.11 Å². The van der Waals surface area contributed by atoms with Crippen LogP contribution in [-0.4, -0.2) is 31.0 Å². The Hall–Kier alpha value is -2.03. The van der Waals surface area contributed by atoms with Crippen LogP contribution in [-0.2, 0) is 0 Å². The quantitative estimate of drug-likeness (QED) is 0.670. The van der Waals surface area contributed by atoms with E-state index < -0.39 is 0 Å². The molecule has 0 saturated heterocycles. The van der Waals surface area contributed by atoms with Gasteiger partial charge in [-0.1, -0.05) is 36.8 Å². The number of carbonyl (C=O) groups excluding carboxylic acids is 1. The van der Waals surface area contributed by atoms with E-state index in [1.807, 2.05) is 29.2 Å².